The summed E-state index contributed by atoms with van der Waals surface area (Å²) in [5.74, 6) is 0. The molecule has 0 saturated carbocycles. The molecule has 0 bridgehead atoms. The lowest BCUT2D eigenvalue weighted by molar-refractivity contribution is -0.667. The predicted octanol–water partition coefficient (Wildman–Crippen LogP) is 18.6. The van der Waals surface area contributed by atoms with Gasteiger partial charge in [-0.15, -0.1) is 0 Å². The Morgan fingerprint density at radius 1 is 0.229 bits per heavy atom. The minimum Gasteiger partial charge on any atom is -0.201 e. The van der Waals surface area contributed by atoms with Crippen molar-refractivity contribution >= 4 is 0 Å². The van der Waals surface area contributed by atoms with Crippen LogP contribution in [-0.4, -0.2) is 0 Å². The second-order valence-corrected chi connectivity index (χ2v) is 25.8. The first-order valence-corrected chi connectivity index (χ1v) is 33.0. The zero-order chi connectivity index (χ0) is 77.7. The van der Waals surface area contributed by atoms with Gasteiger partial charge in [0, 0.05) is 118 Å². The Bertz CT molecular complexity index is 5000. The van der Waals surface area contributed by atoms with Crippen molar-refractivity contribution in [1.82, 2.24) is 0 Å². The summed E-state index contributed by atoms with van der Waals surface area (Å²) in [5.41, 5.74) is 34.1. The lowest BCUT2D eigenvalue weighted by atomic mass is 9.99. The summed E-state index contributed by atoms with van der Waals surface area (Å²) in [4.78, 5) is 0. The third kappa shape index (κ3) is 18.6. The summed E-state index contributed by atoms with van der Waals surface area (Å²) >= 11 is 0. The van der Waals surface area contributed by atoms with E-state index in [2.05, 4.69) is 284 Å². The van der Waals surface area contributed by atoms with E-state index in [9.17, 15) is 0 Å². The van der Waals surface area contributed by atoms with Gasteiger partial charge in [-0.3, -0.25) is 0 Å². The fourth-order valence-corrected chi connectivity index (χ4v) is 12.4. The van der Waals surface area contributed by atoms with Crippen molar-refractivity contribution in [2.24, 2.45) is 42.3 Å². The summed E-state index contributed by atoms with van der Waals surface area (Å²) in [6, 6.07) is 65.8. The fraction of sp³-hybridized carbons (Fsp3) is 0.267. The quantitative estimate of drug-likeness (QED) is 0.148. The predicted molar refractivity (Wildman–Crippen MR) is 404 cm³/mol. The minimum atomic E-state index is -2.06. The Kier molecular flexibility index (Phi) is 21.4. The van der Waals surface area contributed by atoms with Gasteiger partial charge >= 0.3 is 0 Å². The van der Waals surface area contributed by atoms with E-state index in [1.165, 1.54) is 117 Å². The molecule has 0 fully saturated rings. The number of aryl methyl sites for hydroxylation is 20. The highest BCUT2D eigenvalue weighted by molar-refractivity contribution is 5.68. The lowest BCUT2D eigenvalue weighted by Crippen LogP contribution is -2.35. The number of nitrogens with zero attached hydrogens (tertiary/aromatic N) is 6. The van der Waals surface area contributed by atoms with Crippen LogP contribution in [0.2, 0.25) is 0 Å². The van der Waals surface area contributed by atoms with Gasteiger partial charge in [0.2, 0.25) is 34.2 Å². The third-order valence-corrected chi connectivity index (χ3v) is 18.1. The molecule has 12 aromatic rings. The molecule has 6 aromatic carbocycles. The molecule has 0 aliphatic carbocycles. The van der Waals surface area contributed by atoms with E-state index < -0.39 is 20.6 Å². The van der Waals surface area contributed by atoms with Crippen LogP contribution >= 0.6 is 0 Å². The van der Waals surface area contributed by atoms with Crippen LogP contribution < -0.4 is 27.4 Å². The highest BCUT2D eigenvalue weighted by Gasteiger charge is 2.20. The van der Waals surface area contributed by atoms with Crippen LogP contribution in [0.5, 0.6) is 0 Å². The number of rotatable bonds is 6. The molecule has 6 heteroatoms. The van der Waals surface area contributed by atoms with Gasteiger partial charge in [-0.25, -0.2) is 18.3 Å². The Hall–Kier alpha value is -9.78. The lowest BCUT2D eigenvalue weighted by Gasteiger charge is -2.07. The number of hydrogen-bond acceptors (Lipinski definition) is 0. The van der Waals surface area contributed by atoms with Crippen molar-refractivity contribution in [2.75, 3.05) is 0 Å². The smallest absolute Gasteiger partial charge is 0.201 e. The molecule has 0 atom stereocenters. The maximum absolute atomic E-state index is 7.55. The number of benzene rings is 6. The third-order valence-electron chi connectivity index (χ3n) is 18.1. The summed E-state index contributed by atoms with van der Waals surface area (Å²) in [6.45, 7) is 25.4. The molecular formula is C90H108N6+6. The Balaban J connectivity index is 0.000000176. The van der Waals surface area contributed by atoms with Crippen LogP contribution in [0.1, 0.15) is 113 Å². The topological polar surface area (TPSA) is 23.3 Å². The molecule has 0 unspecified atom stereocenters. The standard InChI is InChI=1S/6C15H18N/c1-11-5-7-13(3)14(9-11)15-8-6-12(2)10-16(15)4;2*1-11-8-9-14(16(4)10-11)15-12(2)6-5-7-13(15)3;1-11-9-13(3)15(16(4)10-11)14-8-6-5-7-12(14)2;2*1-11-9-10-15(16(4)13(11)3)14-8-6-5-7-12(14)2/h6*5-10H,1-4H3/q6*+1/i2D3;1D3;;;1D3;. The van der Waals surface area contributed by atoms with Gasteiger partial charge in [0.05, 0.1) is 11.1 Å². The van der Waals surface area contributed by atoms with Gasteiger partial charge in [-0.05, 0) is 216 Å². The highest BCUT2D eigenvalue weighted by atomic mass is 15.0. The first-order valence-electron chi connectivity index (χ1n) is 37.5. The Morgan fingerprint density at radius 2 is 0.573 bits per heavy atom. The van der Waals surface area contributed by atoms with Gasteiger partial charge in [0.25, 0.3) is 0 Å². The fourth-order valence-electron chi connectivity index (χ4n) is 12.4. The minimum absolute atomic E-state index is 0.365. The molecule has 12 rings (SSSR count). The SMILES string of the molecule is Cc1cc(C)c(-c2ccccc2C)[n+](C)c1.Cc1ccc(-c2c(C)cccc2C)[n+](C)c1.Cc1ccccc1-c1ccc(C)c(C)[n+]1C.[2H]C([2H])([2H])c1ccc(-c2c(C)cccc2C)[n+](C)c1.[2H]C([2H])([2H])c1ccc(-c2cc(C)ccc2C)[n+](C)c1.[2H]C([2H])([2H])c1ccc(-c2ccccc2C)[n+](C)c1C. The van der Waals surface area contributed by atoms with Crippen LogP contribution in [-0.2, 0) is 42.3 Å². The number of aromatic nitrogens is 6. The van der Waals surface area contributed by atoms with Crippen LogP contribution in [0.4, 0.5) is 0 Å². The van der Waals surface area contributed by atoms with Crippen molar-refractivity contribution in [3.05, 3.63) is 319 Å². The first kappa shape index (κ1) is 61.1. The monoisotopic (exact) mass is 1280 g/mol. The zero-order valence-electron chi connectivity index (χ0n) is 70.0. The van der Waals surface area contributed by atoms with E-state index in [0.29, 0.717) is 16.7 Å². The molecule has 6 aromatic heterocycles. The van der Waals surface area contributed by atoms with Gasteiger partial charge in [0.15, 0.2) is 36.2 Å². The maximum atomic E-state index is 7.55. The summed E-state index contributed by atoms with van der Waals surface area (Å²) in [5, 5.41) is 0. The molecule has 0 aliphatic heterocycles. The largest absolute Gasteiger partial charge is 0.215 e. The van der Waals surface area contributed by atoms with Crippen LogP contribution in [0.15, 0.2) is 219 Å². The summed E-state index contributed by atoms with van der Waals surface area (Å²) in [7, 11) is 12.0. The normalized spacial score (nSPS) is 12.3. The first-order chi connectivity index (χ1) is 49.2. The van der Waals surface area contributed by atoms with Gasteiger partial charge in [0.1, 0.15) is 42.3 Å². The molecule has 0 amide bonds. The molecular weight excluding hydrogens is 1170 g/mol. The maximum Gasteiger partial charge on any atom is 0.215 e. The highest BCUT2D eigenvalue weighted by Crippen LogP contribution is 2.28. The van der Waals surface area contributed by atoms with E-state index in [0.717, 1.165) is 33.9 Å². The van der Waals surface area contributed by atoms with E-state index in [4.69, 9.17) is 12.3 Å². The van der Waals surface area contributed by atoms with Crippen LogP contribution in [0.3, 0.4) is 0 Å². The molecule has 0 spiro atoms. The van der Waals surface area contributed by atoms with E-state index in [-0.39, 0.29) is 0 Å². The molecule has 6 nitrogen and oxygen atoms in total. The second-order valence-electron chi connectivity index (χ2n) is 25.8. The molecule has 0 N–H and O–H groups in total. The summed E-state index contributed by atoms with van der Waals surface area (Å²) < 4.78 is 79.7. The van der Waals surface area contributed by atoms with Crippen molar-refractivity contribution < 1.29 is 39.7 Å². The summed E-state index contributed by atoms with van der Waals surface area (Å²) in [6.07, 6.45) is 7.72. The molecule has 0 radical (unpaired) electrons. The second kappa shape index (κ2) is 33.6. The van der Waals surface area contributed by atoms with Gasteiger partial charge in [-0.2, -0.15) is 9.13 Å². The van der Waals surface area contributed by atoms with E-state index >= 15 is 0 Å². The average Bonchev–Trinajstić information content (AvgIpc) is 0.806. The van der Waals surface area contributed by atoms with Crippen LogP contribution in [0.25, 0.3) is 67.5 Å². The molecule has 6 heterocycles. The van der Waals surface area contributed by atoms with Crippen LogP contribution in [0, 0.1) is 124 Å². The van der Waals surface area contributed by atoms with Crippen molar-refractivity contribution in [2.45, 2.75) is 124 Å². The number of pyridine rings is 6. The van der Waals surface area contributed by atoms with E-state index in [1.54, 1.807) is 30.6 Å². The zero-order valence-corrected chi connectivity index (χ0v) is 61.0. The van der Waals surface area contributed by atoms with E-state index in [1.807, 2.05) is 78.2 Å². The Morgan fingerprint density at radius 3 is 1.00 bits per heavy atom. The Labute approximate surface area is 590 Å². The van der Waals surface area contributed by atoms with Gasteiger partial charge < -0.3 is 0 Å². The molecule has 0 aliphatic rings. The van der Waals surface area contributed by atoms with Crippen molar-refractivity contribution in [1.29, 1.82) is 0 Å². The molecule has 0 saturated heterocycles. The molecule has 492 valence electrons. The van der Waals surface area contributed by atoms with Crippen molar-refractivity contribution in [3.63, 3.8) is 0 Å². The molecule has 96 heavy (non-hydrogen) atoms. The average molecular weight is 1280 g/mol. The van der Waals surface area contributed by atoms with Gasteiger partial charge in [-0.1, -0.05) is 109 Å². The number of hydrogen-bond donors (Lipinski definition) is 0. The van der Waals surface area contributed by atoms with Crippen molar-refractivity contribution in [3.8, 4) is 67.5 Å².